The summed E-state index contributed by atoms with van der Waals surface area (Å²) >= 11 is 1.69. The van der Waals surface area contributed by atoms with Gasteiger partial charge in [0, 0.05) is 27.9 Å². The van der Waals surface area contributed by atoms with Gasteiger partial charge in [-0.25, -0.2) is 4.68 Å². The Morgan fingerprint density at radius 2 is 2.05 bits per heavy atom. The van der Waals surface area contributed by atoms with E-state index in [1.807, 2.05) is 54.1 Å². The maximum atomic E-state index is 13.8. The van der Waals surface area contributed by atoms with E-state index in [9.17, 15) is 4.79 Å². The van der Waals surface area contributed by atoms with Gasteiger partial charge in [-0.3, -0.25) is 9.69 Å². The van der Waals surface area contributed by atoms with Crippen LogP contribution in [0.15, 0.2) is 69.4 Å². The normalized spacial score (nSPS) is 15.2. The SMILES string of the molecule is CCOc1ccc2[nH]c(=O)c([C@@H](c3nnnn3C3CCCCC3)N(Cc3ccco3)Cc3cccs3)cc2c1. The summed E-state index contributed by atoms with van der Waals surface area (Å²) in [5.74, 6) is 2.25. The average Bonchev–Trinajstić information content (AvgIpc) is 3.74. The fraction of sp³-hybridized carbons (Fsp3) is 0.379. The van der Waals surface area contributed by atoms with Crippen molar-refractivity contribution >= 4 is 22.2 Å². The van der Waals surface area contributed by atoms with Gasteiger partial charge in [0.25, 0.3) is 5.56 Å². The lowest BCUT2D eigenvalue weighted by Gasteiger charge is -2.31. The van der Waals surface area contributed by atoms with Gasteiger partial charge in [-0.2, -0.15) is 0 Å². The van der Waals surface area contributed by atoms with Crippen molar-refractivity contribution in [3.63, 3.8) is 0 Å². The molecule has 39 heavy (non-hydrogen) atoms. The number of nitrogens with one attached hydrogen (secondary N) is 1. The molecule has 1 saturated carbocycles. The fourth-order valence-electron chi connectivity index (χ4n) is 5.57. The first kappa shape index (κ1) is 25.5. The number of fused-ring (bicyclic) bond motifs is 1. The predicted octanol–water partition coefficient (Wildman–Crippen LogP) is 5.86. The van der Waals surface area contributed by atoms with Crippen molar-refractivity contribution in [3.05, 3.63) is 92.6 Å². The van der Waals surface area contributed by atoms with Crippen LogP contribution in [0.4, 0.5) is 0 Å². The van der Waals surface area contributed by atoms with Crippen molar-refractivity contribution in [2.45, 2.75) is 64.2 Å². The lowest BCUT2D eigenvalue weighted by Crippen LogP contribution is -2.35. The third-order valence-electron chi connectivity index (χ3n) is 7.38. The summed E-state index contributed by atoms with van der Waals surface area (Å²) < 4.78 is 13.5. The highest BCUT2D eigenvalue weighted by Crippen LogP contribution is 2.35. The Labute approximate surface area is 230 Å². The minimum Gasteiger partial charge on any atom is -0.494 e. The van der Waals surface area contributed by atoms with E-state index >= 15 is 0 Å². The summed E-state index contributed by atoms with van der Waals surface area (Å²) in [6.07, 6.45) is 7.26. The van der Waals surface area contributed by atoms with Gasteiger partial charge >= 0.3 is 0 Å². The van der Waals surface area contributed by atoms with Crippen LogP contribution in [0.25, 0.3) is 10.9 Å². The third kappa shape index (κ3) is 5.53. The van der Waals surface area contributed by atoms with Gasteiger partial charge < -0.3 is 14.1 Å². The molecule has 0 aliphatic heterocycles. The first-order valence-electron chi connectivity index (χ1n) is 13.6. The van der Waals surface area contributed by atoms with Crippen LogP contribution >= 0.6 is 11.3 Å². The Kier molecular flexibility index (Phi) is 7.55. The first-order valence-corrected chi connectivity index (χ1v) is 14.4. The number of benzene rings is 1. The van der Waals surface area contributed by atoms with Crippen LogP contribution in [0.1, 0.15) is 73.1 Å². The number of rotatable bonds is 10. The Bertz CT molecular complexity index is 1520. The maximum absolute atomic E-state index is 13.8. The number of furan rings is 1. The molecule has 1 aliphatic rings. The molecular formula is C29H32N6O3S. The smallest absolute Gasteiger partial charge is 0.253 e. The highest BCUT2D eigenvalue weighted by molar-refractivity contribution is 7.09. The molecule has 4 aromatic heterocycles. The van der Waals surface area contributed by atoms with Gasteiger partial charge in [-0.05, 0) is 78.0 Å². The second kappa shape index (κ2) is 11.5. The Morgan fingerprint density at radius 1 is 1.15 bits per heavy atom. The number of H-pyrrole nitrogens is 1. The van der Waals surface area contributed by atoms with Gasteiger partial charge in [-0.1, -0.05) is 25.3 Å². The van der Waals surface area contributed by atoms with Crippen molar-refractivity contribution in [1.29, 1.82) is 0 Å². The van der Waals surface area contributed by atoms with E-state index in [1.54, 1.807) is 17.6 Å². The minimum atomic E-state index is -0.502. The minimum absolute atomic E-state index is 0.162. The molecule has 5 aromatic rings. The van der Waals surface area contributed by atoms with Crippen LogP contribution < -0.4 is 10.3 Å². The highest BCUT2D eigenvalue weighted by atomic mass is 32.1. The standard InChI is InChI=1S/C29H32N6O3S/c1-2-37-22-12-13-26-20(16-22)17-25(29(36)30-26)27(28-31-32-33-35(28)21-8-4-3-5-9-21)34(18-23-10-6-14-38-23)19-24-11-7-15-39-24/h6-7,10-17,21,27H,2-5,8-9,18-19H2,1H3,(H,30,36)/t27-/m0/s1. The molecule has 0 spiro atoms. The topological polar surface area (TPSA) is 102 Å². The molecule has 9 nitrogen and oxygen atoms in total. The summed E-state index contributed by atoms with van der Waals surface area (Å²) in [7, 11) is 0. The zero-order chi connectivity index (χ0) is 26.6. The number of ether oxygens (including phenoxy) is 1. The van der Waals surface area contributed by atoms with Crippen LogP contribution in [-0.2, 0) is 13.1 Å². The van der Waals surface area contributed by atoms with Crippen LogP contribution in [-0.4, -0.2) is 36.7 Å². The van der Waals surface area contributed by atoms with Crippen LogP contribution in [0.2, 0.25) is 0 Å². The van der Waals surface area contributed by atoms with E-state index < -0.39 is 6.04 Å². The molecular weight excluding hydrogens is 512 g/mol. The monoisotopic (exact) mass is 544 g/mol. The predicted molar refractivity (Wildman–Crippen MR) is 150 cm³/mol. The summed E-state index contributed by atoms with van der Waals surface area (Å²) in [6, 6.07) is 15.4. The van der Waals surface area contributed by atoms with Crippen LogP contribution in [0, 0.1) is 0 Å². The number of aromatic amines is 1. The van der Waals surface area contributed by atoms with Gasteiger partial charge in [0.1, 0.15) is 17.6 Å². The number of thiophene rings is 1. The van der Waals surface area contributed by atoms with Crippen molar-refractivity contribution in [2.75, 3.05) is 6.61 Å². The van der Waals surface area contributed by atoms with E-state index in [4.69, 9.17) is 9.15 Å². The molecule has 4 heterocycles. The molecule has 0 saturated heterocycles. The second-order valence-corrected chi connectivity index (χ2v) is 11.0. The van der Waals surface area contributed by atoms with Crippen LogP contribution in [0.3, 0.4) is 0 Å². The fourth-order valence-corrected chi connectivity index (χ4v) is 6.30. The Morgan fingerprint density at radius 3 is 2.82 bits per heavy atom. The van der Waals surface area contributed by atoms with E-state index in [1.165, 1.54) is 11.3 Å². The van der Waals surface area contributed by atoms with E-state index in [-0.39, 0.29) is 11.6 Å². The summed E-state index contributed by atoms with van der Waals surface area (Å²) in [5, 5.41) is 16.1. The quantitative estimate of drug-likeness (QED) is 0.235. The molecule has 0 bridgehead atoms. The molecule has 0 amide bonds. The molecule has 1 fully saturated rings. The lowest BCUT2D eigenvalue weighted by atomic mass is 9.95. The van der Waals surface area contributed by atoms with E-state index in [0.29, 0.717) is 31.1 Å². The molecule has 1 atom stereocenters. The number of tetrazole rings is 1. The molecule has 1 N–H and O–H groups in total. The summed E-state index contributed by atoms with van der Waals surface area (Å²) in [6.45, 7) is 3.62. The molecule has 6 rings (SSSR count). The lowest BCUT2D eigenvalue weighted by molar-refractivity contribution is 0.175. The maximum Gasteiger partial charge on any atom is 0.253 e. The molecule has 0 unspecified atom stereocenters. The number of nitrogens with zero attached hydrogens (tertiary/aromatic N) is 5. The van der Waals surface area contributed by atoms with E-state index in [0.717, 1.165) is 48.1 Å². The molecule has 202 valence electrons. The first-order chi connectivity index (χ1) is 19.2. The average molecular weight is 545 g/mol. The number of hydrogen-bond acceptors (Lipinski definition) is 8. The third-order valence-corrected chi connectivity index (χ3v) is 8.24. The van der Waals surface area contributed by atoms with Crippen molar-refractivity contribution in [2.24, 2.45) is 0 Å². The van der Waals surface area contributed by atoms with E-state index in [2.05, 4.69) is 36.9 Å². The van der Waals surface area contributed by atoms with Gasteiger partial charge in [0.05, 0.1) is 25.5 Å². The van der Waals surface area contributed by atoms with Gasteiger partial charge in [-0.15, -0.1) is 16.4 Å². The molecule has 10 heteroatoms. The number of hydrogen-bond donors (Lipinski definition) is 1. The summed E-state index contributed by atoms with van der Waals surface area (Å²) in [4.78, 5) is 20.3. The molecule has 1 aliphatic carbocycles. The number of aromatic nitrogens is 5. The Balaban J connectivity index is 1.52. The second-order valence-electron chi connectivity index (χ2n) is 9.98. The van der Waals surface area contributed by atoms with Crippen LogP contribution in [0.5, 0.6) is 5.75 Å². The summed E-state index contributed by atoms with van der Waals surface area (Å²) in [5.41, 5.74) is 1.19. The van der Waals surface area contributed by atoms with Crippen molar-refractivity contribution < 1.29 is 9.15 Å². The van der Waals surface area contributed by atoms with Crippen molar-refractivity contribution in [3.8, 4) is 5.75 Å². The zero-order valence-corrected chi connectivity index (χ0v) is 22.8. The largest absolute Gasteiger partial charge is 0.494 e. The molecule has 0 radical (unpaired) electrons. The van der Waals surface area contributed by atoms with Gasteiger partial charge in [0.2, 0.25) is 0 Å². The molecule has 1 aromatic carbocycles. The zero-order valence-electron chi connectivity index (χ0n) is 22.0. The van der Waals surface area contributed by atoms with Crippen molar-refractivity contribution in [1.82, 2.24) is 30.1 Å². The number of pyridine rings is 1. The van der Waals surface area contributed by atoms with Gasteiger partial charge in [0.15, 0.2) is 5.82 Å². The highest BCUT2D eigenvalue weighted by Gasteiger charge is 2.33. The Hall–Kier alpha value is -3.76.